The molecule has 13 heavy (non-hydrogen) atoms. The van der Waals surface area contributed by atoms with E-state index in [4.69, 9.17) is 0 Å². The minimum atomic E-state index is 0.715. The van der Waals surface area contributed by atoms with Gasteiger partial charge in [0.2, 0.25) is 0 Å². The number of thiazole rings is 1. The molecule has 0 spiro atoms. The van der Waals surface area contributed by atoms with Crippen molar-refractivity contribution in [1.82, 2.24) is 10.3 Å². The number of hydrogen-bond donors (Lipinski definition) is 1. The number of hydrogen-bond acceptors (Lipinski definition) is 3. The van der Waals surface area contributed by atoms with Gasteiger partial charge in [-0.2, -0.15) is 0 Å². The third kappa shape index (κ3) is 4.39. The monoisotopic (exact) mass is 198 g/mol. The first-order valence-electron chi connectivity index (χ1n) is 4.91. The smallest absolute Gasteiger partial charge is 0.0794 e. The molecule has 0 radical (unpaired) electrons. The van der Waals surface area contributed by atoms with Gasteiger partial charge in [-0.25, -0.2) is 0 Å². The van der Waals surface area contributed by atoms with Crippen LogP contribution in [0.5, 0.6) is 0 Å². The highest BCUT2D eigenvalue weighted by Gasteiger charge is 2.03. The fourth-order valence-corrected chi connectivity index (χ4v) is 2.04. The van der Waals surface area contributed by atoms with Crippen molar-refractivity contribution in [2.75, 3.05) is 13.1 Å². The van der Waals surface area contributed by atoms with Gasteiger partial charge in [-0.15, -0.1) is 11.3 Å². The Morgan fingerprint density at radius 3 is 3.08 bits per heavy atom. The summed E-state index contributed by atoms with van der Waals surface area (Å²) in [5.41, 5.74) is 1.90. The Kier molecular flexibility index (Phi) is 5.01. The van der Waals surface area contributed by atoms with E-state index < -0.39 is 0 Å². The van der Waals surface area contributed by atoms with Crippen LogP contribution in [0.3, 0.4) is 0 Å². The molecule has 1 unspecified atom stereocenters. The first kappa shape index (κ1) is 10.7. The van der Waals surface area contributed by atoms with Crippen molar-refractivity contribution in [1.29, 1.82) is 0 Å². The number of rotatable bonds is 6. The van der Waals surface area contributed by atoms with Gasteiger partial charge in [0, 0.05) is 11.1 Å². The van der Waals surface area contributed by atoms with Crippen molar-refractivity contribution < 1.29 is 0 Å². The Hall–Kier alpha value is -0.410. The predicted octanol–water partition coefficient (Wildman–Crippen LogP) is 2.32. The molecular formula is C10H18N2S. The zero-order valence-electron chi connectivity index (χ0n) is 8.42. The van der Waals surface area contributed by atoms with Crippen molar-refractivity contribution in [3.8, 4) is 0 Å². The van der Waals surface area contributed by atoms with E-state index in [2.05, 4.69) is 24.1 Å². The second-order valence-electron chi connectivity index (χ2n) is 3.48. The van der Waals surface area contributed by atoms with Gasteiger partial charge in [-0.05, 0) is 31.8 Å². The highest BCUT2D eigenvalue weighted by molar-refractivity contribution is 7.09. The molecule has 0 amide bonds. The fourth-order valence-electron chi connectivity index (χ4n) is 1.28. The SMILES string of the molecule is CCCNCC(C)Cc1cncs1. The fraction of sp³-hybridized carbons (Fsp3) is 0.700. The van der Waals surface area contributed by atoms with Crippen LogP contribution in [-0.4, -0.2) is 18.1 Å². The van der Waals surface area contributed by atoms with Crippen LogP contribution in [0.15, 0.2) is 11.7 Å². The topological polar surface area (TPSA) is 24.9 Å². The Balaban J connectivity index is 2.14. The molecule has 1 N–H and O–H groups in total. The van der Waals surface area contributed by atoms with Crippen LogP contribution < -0.4 is 5.32 Å². The zero-order chi connectivity index (χ0) is 9.52. The second kappa shape index (κ2) is 6.11. The average Bonchev–Trinajstić information content (AvgIpc) is 2.57. The molecule has 0 saturated heterocycles. The van der Waals surface area contributed by atoms with Crippen LogP contribution in [0, 0.1) is 5.92 Å². The van der Waals surface area contributed by atoms with E-state index in [1.54, 1.807) is 11.3 Å². The maximum absolute atomic E-state index is 4.07. The van der Waals surface area contributed by atoms with Crippen molar-refractivity contribution in [2.45, 2.75) is 26.7 Å². The lowest BCUT2D eigenvalue weighted by Crippen LogP contribution is -2.22. The van der Waals surface area contributed by atoms with Crippen molar-refractivity contribution in [3.05, 3.63) is 16.6 Å². The van der Waals surface area contributed by atoms with Crippen molar-refractivity contribution in [2.24, 2.45) is 5.92 Å². The summed E-state index contributed by atoms with van der Waals surface area (Å²) in [6.07, 6.45) is 4.34. The Bertz CT molecular complexity index is 209. The van der Waals surface area contributed by atoms with Crippen molar-refractivity contribution in [3.63, 3.8) is 0 Å². The minimum Gasteiger partial charge on any atom is -0.316 e. The number of nitrogens with zero attached hydrogens (tertiary/aromatic N) is 1. The van der Waals surface area contributed by atoms with Gasteiger partial charge in [0.1, 0.15) is 0 Å². The molecule has 1 heterocycles. The van der Waals surface area contributed by atoms with Gasteiger partial charge in [0.15, 0.2) is 0 Å². The first-order chi connectivity index (χ1) is 6.33. The molecule has 0 aromatic carbocycles. The number of nitrogens with one attached hydrogen (secondary N) is 1. The molecule has 2 nitrogen and oxygen atoms in total. The predicted molar refractivity (Wildman–Crippen MR) is 58.1 cm³/mol. The lowest BCUT2D eigenvalue weighted by molar-refractivity contribution is 0.513. The molecule has 0 aliphatic rings. The summed E-state index contributed by atoms with van der Waals surface area (Å²) >= 11 is 1.75. The highest BCUT2D eigenvalue weighted by Crippen LogP contribution is 2.11. The zero-order valence-corrected chi connectivity index (χ0v) is 9.23. The summed E-state index contributed by atoms with van der Waals surface area (Å²) in [5, 5.41) is 3.43. The van der Waals surface area contributed by atoms with Gasteiger partial charge in [-0.3, -0.25) is 4.98 Å². The van der Waals surface area contributed by atoms with E-state index in [0.717, 1.165) is 19.5 Å². The van der Waals surface area contributed by atoms with Gasteiger partial charge in [0.05, 0.1) is 5.51 Å². The van der Waals surface area contributed by atoms with Crippen LogP contribution in [0.1, 0.15) is 25.1 Å². The molecule has 74 valence electrons. The van der Waals surface area contributed by atoms with Crippen LogP contribution in [0.25, 0.3) is 0 Å². The third-order valence-corrected chi connectivity index (χ3v) is 2.75. The van der Waals surface area contributed by atoms with E-state index in [1.165, 1.54) is 11.3 Å². The second-order valence-corrected chi connectivity index (χ2v) is 4.45. The molecule has 0 fully saturated rings. The van der Waals surface area contributed by atoms with Gasteiger partial charge in [0.25, 0.3) is 0 Å². The lowest BCUT2D eigenvalue weighted by atomic mass is 10.1. The molecule has 1 rings (SSSR count). The molecule has 0 saturated carbocycles. The van der Waals surface area contributed by atoms with Crippen molar-refractivity contribution >= 4 is 11.3 Å². The van der Waals surface area contributed by atoms with Gasteiger partial charge >= 0.3 is 0 Å². The molecule has 0 bridgehead atoms. The molecule has 1 atom stereocenters. The molecule has 0 aliphatic carbocycles. The minimum absolute atomic E-state index is 0.715. The van der Waals surface area contributed by atoms with Gasteiger partial charge in [-0.1, -0.05) is 13.8 Å². The molecule has 3 heteroatoms. The first-order valence-corrected chi connectivity index (χ1v) is 5.79. The standard InChI is InChI=1S/C10H18N2S/c1-3-4-11-6-9(2)5-10-7-12-8-13-10/h7-9,11H,3-6H2,1-2H3. The summed E-state index contributed by atoms with van der Waals surface area (Å²) in [6.45, 7) is 6.72. The summed E-state index contributed by atoms with van der Waals surface area (Å²) in [7, 11) is 0. The van der Waals surface area contributed by atoms with E-state index >= 15 is 0 Å². The van der Waals surface area contributed by atoms with Crippen LogP contribution in [-0.2, 0) is 6.42 Å². The Morgan fingerprint density at radius 1 is 1.62 bits per heavy atom. The van der Waals surface area contributed by atoms with E-state index in [1.807, 2.05) is 11.7 Å². The Labute approximate surface area is 84.4 Å². The summed E-state index contributed by atoms with van der Waals surface area (Å²) < 4.78 is 0. The van der Waals surface area contributed by atoms with E-state index in [9.17, 15) is 0 Å². The summed E-state index contributed by atoms with van der Waals surface area (Å²) in [4.78, 5) is 5.46. The van der Waals surface area contributed by atoms with E-state index in [0.29, 0.717) is 5.92 Å². The van der Waals surface area contributed by atoms with E-state index in [-0.39, 0.29) is 0 Å². The van der Waals surface area contributed by atoms with Crippen LogP contribution in [0.4, 0.5) is 0 Å². The van der Waals surface area contributed by atoms with Gasteiger partial charge < -0.3 is 5.32 Å². The largest absolute Gasteiger partial charge is 0.316 e. The molecule has 0 aliphatic heterocycles. The maximum Gasteiger partial charge on any atom is 0.0794 e. The number of aromatic nitrogens is 1. The highest BCUT2D eigenvalue weighted by atomic mass is 32.1. The van der Waals surface area contributed by atoms with Crippen LogP contribution >= 0.6 is 11.3 Å². The molecular weight excluding hydrogens is 180 g/mol. The Morgan fingerprint density at radius 2 is 2.46 bits per heavy atom. The maximum atomic E-state index is 4.07. The van der Waals surface area contributed by atoms with Crippen LogP contribution in [0.2, 0.25) is 0 Å². The molecule has 1 aromatic heterocycles. The normalized spacial score (nSPS) is 13.1. The quantitative estimate of drug-likeness (QED) is 0.710. The lowest BCUT2D eigenvalue weighted by Gasteiger charge is -2.10. The third-order valence-electron chi connectivity index (χ3n) is 1.95. The molecule has 1 aromatic rings. The summed E-state index contributed by atoms with van der Waals surface area (Å²) in [5.74, 6) is 0.715. The summed E-state index contributed by atoms with van der Waals surface area (Å²) in [6, 6.07) is 0. The average molecular weight is 198 g/mol.